The Morgan fingerprint density at radius 2 is 1.65 bits per heavy atom. The van der Waals surface area contributed by atoms with Gasteiger partial charge in [0.15, 0.2) is 0 Å². The predicted molar refractivity (Wildman–Crippen MR) is 133 cm³/mol. The maximum Gasteiger partial charge on any atom is 0.245 e. The molecule has 2 rings (SSSR count). The summed E-state index contributed by atoms with van der Waals surface area (Å²) in [6, 6.07) is 7.35. The number of carbonyl (C=O) groups is 3. The van der Waals surface area contributed by atoms with Crippen LogP contribution in [-0.2, 0) is 14.4 Å². The Bertz CT molecular complexity index is 752. The summed E-state index contributed by atoms with van der Waals surface area (Å²) >= 11 is 0. The molecule has 3 atom stereocenters. The Labute approximate surface area is 203 Å². The molecule has 190 valence electrons. The SMILES string of the molecule is C[C@H](C(=O)N[C@@H](CO)C(=O)N[C@@H](CCCCN)C(=O)NCCC1CCCCC1)c1ccccc1. The Morgan fingerprint density at radius 3 is 2.29 bits per heavy atom. The zero-order chi connectivity index (χ0) is 24.8. The highest BCUT2D eigenvalue weighted by Gasteiger charge is 2.28. The molecular weight excluding hydrogens is 432 g/mol. The van der Waals surface area contributed by atoms with Gasteiger partial charge in [0.25, 0.3) is 0 Å². The molecule has 0 bridgehead atoms. The van der Waals surface area contributed by atoms with Crippen molar-refractivity contribution in [3.63, 3.8) is 0 Å². The van der Waals surface area contributed by atoms with E-state index in [1.807, 2.05) is 30.3 Å². The van der Waals surface area contributed by atoms with Gasteiger partial charge < -0.3 is 26.8 Å². The van der Waals surface area contributed by atoms with Crippen LogP contribution in [0.3, 0.4) is 0 Å². The summed E-state index contributed by atoms with van der Waals surface area (Å²) < 4.78 is 0. The third-order valence-electron chi connectivity index (χ3n) is 6.66. The van der Waals surface area contributed by atoms with Crippen LogP contribution in [0.15, 0.2) is 30.3 Å². The molecule has 0 saturated heterocycles. The second-order valence-electron chi connectivity index (χ2n) is 9.31. The zero-order valence-electron chi connectivity index (χ0n) is 20.4. The largest absolute Gasteiger partial charge is 0.394 e. The number of carbonyl (C=O) groups excluding carboxylic acids is 3. The van der Waals surface area contributed by atoms with Gasteiger partial charge in [-0.15, -0.1) is 0 Å². The quantitative estimate of drug-likeness (QED) is 0.263. The van der Waals surface area contributed by atoms with E-state index < -0.39 is 30.5 Å². The number of nitrogens with two attached hydrogens (primary N) is 1. The van der Waals surface area contributed by atoms with Gasteiger partial charge in [0.2, 0.25) is 17.7 Å². The van der Waals surface area contributed by atoms with Crippen molar-refractivity contribution in [2.24, 2.45) is 11.7 Å². The molecule has 1 aliphatic rings. The minimum Gasteiger partial charge on any atom is -0.394 e. The molecule has 0 aromatic heterocycles. The minimum atomic E-state index is -1.13. The molecule has 0 aliphatic heterocycles. The summed E-state index contributed by atoms with van der Waals surface area (Å²) in [5.74, 6) is -0.999. The lowest BCUT2D eigenvalue weighted by Gasteiger charge is -2.24. The number of unbranched alkanes of at least 4 members (excludes halogenated alkanes) is 1. The molecule has 1 aromatic rings. The van der Waals surface area contributed by atoms with Gasteiger partial charge in [-0.3, -0.25) is 14.4 Å². The zero-order valence-corrected chi connectivity index (χ0v) is 20.4. The van der Waals surface area contributed by atoms with E-state index in [1.165, 1.54) is 32.1 Å². The first-order valence-electron chi connectivity index (χ1n) is 12.7. The van der Waals surface area contributed by atoms with Crippen LogP contribution in [0.25, 0.3) is 0 Å². The first kappa shape index (κ1) is 27.8. The van der Waals surface area contributed by atoms with Crippen molar-refractivity contribution < 1.29 is 19.5 Å². The van der Waals surface area contributed by atoms with Gasteiger partial charge in [0.05, 0.1) is 12.5 Å². The first-order chi connectivity index (χ1) is 16.5. The molecule has 1 aliphatic carbocycles. The van der Waals surface area contributed by atoms with Gasteiger partial charge in [-0.2, -0.15) is 0 Å². The topological polar surface area (TPSA) is 134 Å². The van der Waals surface area contributed by atoms with Crippen LogP contribution in [0.1, 0.15) is 76.2 Å². The van der Waals surface area contributed by atoms with Crippen LogP contribution in [0.2, 0.25) is 0 Å². The van der Waals surface area contributed by atoms with Crippen LogP contribution < -0.4 is 21.7 Å². The Morgan fingerprint density at radius 1 is 0.971 bits per heavy atom. The van der Waals surface area contributed by atoms with E-state index in [0.717, 1.165) is 18.4 Å². The van der Waals surface area contributed by atoms with E-state index in [1.54, 1.807) is 6.92 Å². The van der Waals surface area contributed by atoms with Gasteiger partial charge in [-0.05, 0) is 50.6 Å². The van der Waals surface area contributed by atoms with Crippen LogP contribution in [0.4, 0.5) is 0 Å². The summed E-state index contributed by atoms with van der Waals surface area (Å²) in [5.41, 5.74) is 6.40. The van der Waals surface area contributed by atoms with Crippen LogP contribution in [0.5, 0.6) is 0 Å². The van der Waals surface area contributed by atoms with Crippen molar-refractivity contribution >= 4 is 17.7 Å². The van der Waals surface area contributed by atoms with Crippen molar-refractivity contribution in [3.8, 4) is 0 Å². The molecule has 0 spiro atoms. The summed E-state index contributed by atoms with van der Waals surface area (Å²) in [6.45, 7) is 2.28. The minimum absolute atomic E-state index is 0.234. The normalized spacial score (nSPS) is 16.8. The number of amides is 3. The van der Waals surface area contributed by atoms with E-state index in [2.05, 4.69) is 16.0 Å². The number of aliphatic hydroxyl groups is 1. The van der Waals surface area contributed by atoms with Crippen molar-refractivity contribution in [3.05, 3.63) is 35.9 Å². The number of hydrogen-bond acceptors (Lipinski definition) is 5. The average molecular weight is 475 g/mol. The highest BCUT2D eigenvalue weighted by atomic mass is 16.3. The number of benzene rings is 1. The van der Waals surface area contributed by atoms with E-state index in [9.17, 15) is 19.5 Å². The molecule has 6 N–H and O–H groups in total. The highest BCUT2D eigenvalue weighted by Crippen LogP contribution is 2.25. The van der Waals surface area contributed by atoms with Crippen LogP contribution >= 0.6 is 0 Å². The van der Waals surface area contributed by atoms with Gasteiger partial charge in [-0.25, -0.2) is 0 Å². The second-order valence-corrected chi connectivity index (χ2v) is 9.31. The molecule has 0 unspecified atom stereocenters. The fourth-order valence-electron chi connectivity index (χ4n) is 4.42. The first-order valence-corrected chi connectivity index (χ1v) is 12.7. The molecule has 34 heavy (non-hydrogen) atoms. The van der Waals surface area contributed by atoms with Gasteiger partial charge >= 0.3 is 0 Å². The third kappa shape index (κ3) is 9.43. The molecule has 8 heteroatoms. The maximum absolute atomic E-state index is 12.8. The Kier molecular flexibility index (Phi) is 12.6. The van der Waals surface area contributed by atoms with E-state index in [4.69, 9.17) is 5.73 Å². The van der Waals surface area contributed by atoms with E-state index in [0.29, 0.717) is 31.8 Å². The molecular formula is C26H42N4O4. The van der Waals surface area contributed by atoms with Crippen molar-refractivity contribution in [2.75, 3.05) is 19.7 Å². The fourth-order valence-corrected chi connectivity index (χ4v) is 4.42. The monoisotopic (exact) mass is 474 g/mol. The molecule has 0 radical (unpaired) electrons. The highest BCUT2D eigenvalue weighted by molar-refractivity contribution is 5.93. The fraction of sp³-hybridized carbons (Fsp3) is 0.654. The summed E-state index contributed by atoms with van der Waals surface area (Å²) in [6.07, 6.45) is 9.07. The lowest BCUT2D eigenvalue weighted by Crippen LogP contribution is -2.55. The molecule has 3 amide bonds. The number of rotatable bonds is 14. The molecule has 0 heterocycles. The summed E-state index contributed by atoms with van der Waals surface area (Å²) in [5, 5.41) is 18.1. The lowest BCUT2D eigenvalue weighted by atomic mass is 9.87. The van der Waals surface area contributed by atoms with Gasteiger partial charge in [0.1, 0.15) is 12.1 Å². The van der Waals surface area contributed by atoms with Gasteiger partial charge in [-0.1, -0.05) is 62.4 Å². The molecule has 8 nitrogen and oxygen atoms in total. The van der Waals surface area contributed by atoms with Crippen molar-refractivity contribution in [1.82, 2.24) is 16.0 Å². The van der Waals surface area contributed by atoms with E-state index in [-0.39, 0.29) is 11.8 Å². The summed E-state index contributed by atoms with van der Waals surface area (Å²) in [7, 11) is 0. The number of hydrogen-bond donors (Lipinski definition) is 5. The Balaban J connectivity index is 1.91. The average Bonchev–Trinajstić information content (AvgIpc) is 2.87. The number of aliphatic hydroxyl groups excluding tert-OH is 1. The molecule has 1 aromatic carbocycles. The smallest absolute Gasteiger partial charge is 0.245 e. The number of nitrogens with one attached hydrogen (secondary N) is 3. The molecule has 1 saturated carbocycles. The van der Waals surface area contributed by atoms with Gasteiger partial charge in [0, 0.05) is 6.54 Å². The van der Waals surface area contributed by atoms with Crippen molar-refractivity contribution in [1.29, 1.82) is 0 Å². The maximum atomic E-state index is 12.8. The van der Waals surface area contributed by atoms with Crippen LogP contribution in [0, 0.1) is 5.92 Å². The lowest BCUT2D eigenvalue weighted by molar-refractivity contribution is -0.133. The standard InChI is InChI=1S/C26H42N4O4/c1-19(21-12-6-3-7-13-21)24(32)30-23(18-31)26(34)29-22(14-8-9-16-27)25(33)28-17-15-20-10-4-2-5-11-20/h3,6-7,12-13,19-20,22-23,31H,2,4-5,8-11,14-18,27H2,1H3,(H,28,33)(H,29,34)(H,30,32)/t19-,22-,23-/m0/s1. The Hall–Kier alpha value is -2.45. The molecule has 1 fully saturated rings. The second kappa shape index (κ2) is 15.5. The summed E-state index contributed by atoms with van der Waals surface area (Å²) in [4.78, 5) is 38.3. The van der Waals surface area contributed by atoms with Crippen LogP contribution in [-0.4, -0.2) is 54.6 Å². The third-order valence-corrected chi connectivity index (χ3v) is 6.66. The predicted octanol–water partition coefficient (Wildman–Crippen LogP) is 1.97. The van der Waals surface area contributed by atoms with E-state index >= 15 is 0 Å². The van der Waals surface area contributed by atoms with Crippen molar-refractivity contribution in [2.45, 2.75) is 82.7 Å².